The Kier molecular flexibility index (Phi) is 3.16. The molecule has 1 aromatic rings. The Hall–Kier alpha value is -0.870. The summed E-state index contributed by atoms with van der Waals surface area (Å²) in [6, 6.07) is 1.99. The van der Waals surface area contributed by atoms with Gasteiger partial charge in [-0.1, -0.05) is 0 Å². The third kappa shape index (κ3) is 2.19. The molecule has 0 N–H and O–H groups in total. The second-order valence-electron chi connectivity index (χ2n) is 5.51. The van der Waals surface area contributed by atoms with Crippen molar-refractivity contribution >= 4 is 17.2 Å². The van der Waals surface area contributed by atoms with Crippen molar-refractivity contribution in [2.75, 3.05) is 13.1 Å². The highest BCUT2D eigenvalue weighted by molar-refractivity contribution is 7.12. The maximum atomic E-state index is 12.4. The molecule has 18 heavy (non-hydrogen) atoms. The van der Waals surface area contributed by atoms with Crippen LogP contribution in [0.15, 0.2) is 11.4 Å². The minimum absolute atomic E-state index is 0.200. The van der Waals surface area contributed by atoms with E-state index in [1.807, 2.05) is 23.3 Å². The van der Waals surface area contributed by atoms with Crippen LogP contribution in [0.25, 0.3) is 0 Å². The van der Waals surface area contributed by atoms with Gasteiger partial charge in [-0.2, -0.15) is 0 Å². The topological polar surface area (TPSA) is 29.5 Å². The SMILES string of the molecule is Cc1csc(C(=O)N2CC[C@@H]3O[C@@H](C)C[C@H]3C2)c1. The molecule has 0 unspecified atom stereocenters. The lowest BCUT2D eigenvalue weighted by Gasteiger charge is -2.33. The van der Waals surface area contributed by atoms with Crippen LogP contribution in [0.2, 0.25) is 0 Å². The molecule has 2 aliphatic rings. The molecule has 0 bridgehead atoms. The molecule has 3 nitrogen and oxygen atoms in total. The molecule has 1 aromatic heterocycles. The number of hydrogen-bond acceptors (Lipinski definition) is 3. The van der Waals surface area contributed by atoms with Crippen LogP contribution < -0.4 is 0 Å². The van der Waals surface area contributed by atoms with Crippen LogP contribution in [-0.4, -0.2) is 36.1 Å². The smallest absolute Gasteiger partial charge is 0.263 e. The molecule has 0 spiro atoms. The average Bonchev–Trinajstić information content (AvgIpc) is 2.92. The Bertz CT molecular complexity index is 456. The second-order valence-corrected chi connectivity index (χ2v) is 6.42. The van der Waals surface area contributed by atoms with E-state index >= 15 is 0 Å². The number of ether oxygens (including phenoxy) is 1. The van der Waals surface area contributed by atoms with Crippen LogP contribution in [0.1, 0.15) is 35.0 Å². The van der Waals surface area contributed by atoms with Crippen LogP contribution in [-0.2, 0) is 4.74 Å². The summed E-state index contributed by atoms with van der Waals surface area (Å²) in [6.45, 7) is 5.87. The lowest BCUT2D eigenvalue weighted by Crippen LogP contribution is -2.44. The maximum absolute atomic E-state index is 12.4. The fourth-order valence-corrected chi connectivity index (χ4v) is 3.94. The average molecular weight is 265 g/mol. The third-order valence-electron chi connectivity index (χ3n) is 3.93. The predicted octanol–water partition coefficient (Wildman–Crippen LogP) is 2.70. The summed E-state index contributed by atoms with van der Waals surface area (Å²) in [5.74, 6) is 0.741. The number of amides is 1. The molecular weight excluding hydrogens is 246 g/mol. The Morgan fingerprint density at radius 2 is 2.39 bits per heavy atom. The molecule has 1 amide bonds. The lowest BCUT2D eigenvalue weighted by atomic mass is 9.93. The second kappa shape index (κ2) is 4.67. The van der Waals surface area contributed by atoms with E-state index in [4.69, 9.17) is 4.74 Å². The van der Waals surface area contributed by atoms with E-state index in [-0.39, 0.29) is 5.91 Å². The molecule has 0 aromatic carbocycles. The minimum atomic E-state index is 0.200. The summed E-state index contributed by atoms with van der Waals surface area (Å²) in [4.78, 5) is 15.3. The zero-order valence-corrected chi connectivity index (χ0v) is 11.7. The van der Waals surface area contributed by atoms with Gasteiger partial charge < -0.3 is 9.64 Å². The predicted molar refractivity (Wildman–Crippen MR) is 72.0 cm³/mol. The molecule has 2 saturated heterocycles. The standard InChI is InChI=1S/C14H19NO2S/c1-9-5-13(18-8-9)14(16)15-4-3-12-11(7-15)6-10(2)17-12/h5,8,10-12H,3-4,6-7H2,1-2H3/t10-,11-,12-/m0/s1. The Balaban J connectivity index is 1.69. The van der Waals surface area contributed by atoms with Gasteiger partial charge in [0, 0.05) is 19.0 Å². The number of hydrogen-bond donors (Lipinski definition) is 0. The van der Waals surface area contributed by atoms with Gasteiger partial charge in [-0.15, -0.1) is 11.3 Å². The summed E-state index contributed by atoms with van der Waals surface area (Å²) in [5.41, 5.74) is 1.18. The number of thiophene rings is 1. The Labute approximate surface area is 112 Å². The third-order valence-corrected chi connectivity index (χ3v) is 4.97. The number of rotatable bonds is 1. The number of carbonyl (C=O) groups excluding carboxylic acids is 1. The molecule has 3 heterocycles. The Morgan fingerprint density at radius 3 is 3.11 bits per heavy atom. The van der Waals surface area contributed by atoms with Gasteiger partial charge in [0.1, 0.15) is 0 Å². The van der Waals surface area contributed by atoms with E-state index in [1.54, 1.807) is 11.3 Å². The van der Waals surface area contributed by atoms with Crippen molar-refractivity contribution in [1.29, 1.82) is 0 Å². The molecular formula is C14H19NO2S. The van der Waals surface area contributed by atoms with Crippen LogP contribution >= 0.6 is 11.3 Å². The van der Waals surface area contributed by atoms with Gasteiger partial charge in [0.15, 0.2) is 0 Å². The lowest BCUT2D eigenvalue weighted by molar-refractivity contribution is 0.00878. The number of piperidine rings is 1. The number of fused-ring (bicyclic) bond motifs is 1. The molecule has 98 valence electrons. The normalized spacial score (nSPS) is 31.4. The number of carbonyl (C=O) groups is 1. The van der Waals surface area contributed by atoms with Crippen molar-refractivity contribution in [3.63, 3.8) is 0 Å². The molecule has 2 aliphatic heterocycles. The highest BCUT2D eigenvalue weighted by atomic mass is 32.1. The first kappa shape index (κ1) is 12.2. The van der Waals surface area contributed by atoms with Crippen molar-refractivity contribution in [2.45, 2.75) is 38.9 Å². The van der Waals surface area contributed by atoms with Gasteiger partial charge in [0.05, 0.1) is 17.1 Å². The van der Waals surface area contributed by atoms with Gasteiger partial charge in [-0.25, -0.2) is 0 Å². The molecule has 0 saturated carbocycles. The summed E-state index contributed by atoms with van der Waals surface area (Å²) in [7, 11) is 0. The van der Waals surface area contributed by atoms with E-state index in [2.05, 4.69) is 6.92 Å². The van der Waals surface area contributed by atoms with Gasteiger partial charge in [-0.05, 0) is 43.7 Å². The van der Waals surface area contributed by atoms with Crippen molar-refractivity contribution in [2.24, 2.45) is 5.92 Å². The van der Waals surface area contributed by atoms with Crippen molar-refractivity contribution in [1.82, 2.24) is 4.90 Å². The first-order valence-electron chi connectivity index (χ1n) is 6.63. The molecule has 0 radical (unpaired) electrons. The van der Waals surface area contributed by atoms with E-state index in [1.165, 1.54) is 5.56 Å². The van der Waals surface area contributed by atoms with Crippen molar-refractivity contribution in [3.05, 3.63) is 21.9 Å². The van der Waals surface area contributed by atoms with Gasteiger partial charge in [0.2, 0.25) is 0 Å². The highest BCUT2D eigenvalue weighted by Crippen LogP contribution is 2.33. The quantitative estimate of drug-likeness (QED) is 0.781. The van der Waals surface area contributed by atoms with E-state index in [9.17, 15) is 4.79 Å². The summed E-state index contributed by atoms with van der Waals surface area (Å²) >= 11 is 1.55. The molecule has 3 atom stereocenters. The zero-order chi connectivity index (χ0) is 12.7. The fraction of sp³-hybridized carbons (Fsp3) is 0.643. The summed E-state index contributed by atoms with van der Waals surface area (Å²) in [6.07, 6.45) is 2.83. The van der Waals surface area contributed by atoms with E-state index < -0.39 is 0 Å². The number of likely N-dealkylation sites (tertiary alicyclic amines) is 1. The number of aryl methyl sites for hydroxylation is 1. The summed E-state index contributed by atoms with van der Waals surface area (Å²) in [5, 5.41) is 2.04. The van der Waals surface area contributed by atoms with E-state index in [0.717, 1.165) is 30.8 Å². The fourth-order valence-electron chi connectivity index (χ4n) is 3.08. The zero-order valence-electron chi connectivity index (χ0n) is 10.9. The Morgan fingerprint density at radius 1 is 1.56 bits per heavy atom. The van der Waals surface area contributed by atoms with Crippen molar-refractivity contribution < 1.29 is 9.53 Å². The van der Waals surface area contributed by atoms with Crippen LogP contribution in [0, 0.1) is 12.8 Å². The van der Waals surface area contributed by atoms with Crippen LogP contribution in [0.5, 0.6) is 0 Å². The van der Waals surface area contributed by atoms with Gasteiger partial charge >= 0.3 is 0 Å². The van der Waals surface area contributed by atoms with Crippen molar-refractivity contribution in [3.8, 4) is 0 Å². The largest absolute Gasteiger partial charge is 0.375 e. The first-order chi connectivity index (χ1) is 8.63. The molecule has 4 heteroatoms. The molecule has 0 aliphatic carbocycles. The van der Waals surface area contributed by atoms with E-state index in [0.29, 0.717) is 18.1 Å². The summed E-state index contributed by atoms with van der Waals surface area (Å²) < 4.78 is 5.87. The highest BCUT2D eigenvalue weighted by Gasteiger charge is 2.38. The number of nitrogens with zero attached hydrogens (tertiary/aromatic N) is 1. The molecule has 3 rings (SSSR count). The molecule has 2 fully saturated rings. The monoisotopic (exact) mass is 265 g/mol. The van der Waals surface area contributed by atoms with Crippen LogP contribution in [0.3, 0.4) is 0 Å². The van der Waals surface area contributed by atoms with Gasteiger partial charge in [0.25, 0.3) is 5.91 Å². The van der Waals surface area contributed by atoms with Crippen LogP contribution in [0.4, 0.5) is 0 Å². The van der Waals surface area contributed by atoms with Gasteiger partial charge in [-0.3, -0.25) is 4.79 Å². The maximum Gasteiger partial charge on any atom is 0.263 e. The minimum Gasteiger partial charge on any atom is -0.375 e. The first-order valence-corrected chi connectivity index (χ1v) is 7.51.